The number of nitro groups is 1. The number of primary amides is 1. The number of aryl methyl sites for hydroxylation is 1. The van der Waals surface area contributed by atoms with Gasteiger partial charge in [0, 0.05) is 6.20 Å². The quantitative estimate of drug-likeness (QED) is 0.626. The van der Waals surface area contributed by atoms with Gasteiger partial charge in [-0.1, -0.05) is 0 Å². The zero-order valence-corrected chi connectivity index (χ0v) is 8.11. The van der Waals surface area contributed by atoms with Crippen molar-refractivity contribution in [3.8, 4) is 0 Å². The molecule has 0 fully saturated rings. The van der Waals surface area contributed by atoms with Gasteiger partial charge in [0.25, 0.3) is 18.0 Å². The second-order valence-corrected chi connectivity index (χ2v) is 2.94. The summed E-state index contributed by atoms with van der Waals surface area (Å²) in [5.74, 6) is -1.15. The fourth-order valence-electron chi connectivity index (χ4n) is 1.26. The third kappa shape index (κ3) is 1.95. The third-order valence-corrected chi connectivity index (χ3v) is 1.93. The van der Waals surface area contributed by atoms with E-state index in [0.717, 1.165) is 0 Å². The number of rotatable bonds is 3. The van der Waals surface area contributed by atoms with E-state index in [1.165, 1.54) is 6.92 Å². The molecule has 6 nitrogen and oxygen atoms in total. The van der Waals surface area contributed by atoms with Gasteiger partial charge in [0.05, 0.1) is 10.6 Å². The number of hydrogen-bond donors (Lipinski definition) is 1. The Kier molecular flexibility index (Phi) is 3.11. The van der Waals surface area contributed by atoms with Crippen molar-refractivity contribution in [3.63, 3.8) is 0 Å². The molecule has 0 aliphatic heterocycles. The van der Waals surface area contributed by atoms with Crippen LogP contribution in [0.5, 0.6) is 0 Å². The normalized spacial score (nSPS) is 10.5. The molecule has 2 N–H and O–H groups in total. The summed E-state index contributed by atoms with van der Waals surface area (Å²) in [6.07, 6.45) is -2.42. The van der Waals surface area contributed by atoms with Gasteiger partial charge in [-0.25, -0.2) is 8.78 Å². The maximum Gasteiger partial charge on any atom is 0.294 e. The van der Waals surface area contributed by atoms with Gasteiger partial charge in [-0.2, -0.15) is 0 Å². The Morgan fingerprint density at radius 3 is 2.56 bits per heavy atom. The molecule has 0 radical (unpaired) electrons. The Labute approximate surface area is 88.2 Å². The lowest BCUT2D eigenvalue weighted by molar-refractivity contribution is -0.386. The van der Waals surface area contributed by atoms with Crippen LogP contribution in [0, 0.1) is 17.0 Å². The minimum Gasteiger partial charge on any atom is -0.365 e. The molecule has 0 aromatic carbocycles. The van der Waals surface area contributed by atoms with Crippen molar-refractivity contribution in [2.24, 2.45) is 5.73 Å². The summed E-state index contributed by atoms with van der Waals surface area (Å²) in [4.78, 5) is 24.0. The molecule has 0 saturated heterocycles. The smallest absolute Gasteiger partial charge is 0.294 e. The summed E-state index contributed by atoms with van der Waals surface area (Å²) >= 11 is 0. The molecule has 1 aromatic rings. The number of hydrogen-bond acceptors (Lipinski definition) is 4. The van der Waals surface area contributed by atoms with E-state index in [1.807, 2.05) is 0 Å². The van der Waals surface area contributed by atoms with Crippen molar-refractivity contribution in [1.82, 2.24) is 4.98 Å². The van der Waals surface area contributed by atoms with Gasteiger partial charge in [-0.05, 0) is 6.92 Å². The van der Waals surface area contributed by atoms with Crippen LogP contribution in [0.25, 0.3) is 0 Å². The molecule has 8 heteroatoms. The lowest BCUT2D eigenvalue weighted by atomic mass is 10.1. The number of nitrogens with two attached hydrogens (primary N) is 1. The molecule has 1 rings (SSSR count). The van der Waals surface area contributed by atoms with Gasteiger partial charge >= 0.3 is 0 Å². The first-order chi connectivity index (χ1) is 7.36. The summed E-state index contributed by atoms with van der Waals surface area (Å²) in [6, 6.07) is 0. The topological polar surface area (TPSA) is 99.1 Å². The van der Waals surface area contributed by atoms with Crippen LogP contribution in [0.1, 0.15) is 28.0 Å². The van der Waals surface area contributed by atoms with E-state index in [9.17, 15) is 23.7 Å². The van der Waals surface area contributed by atoms with Crippen LogP contribution in [0.15, 0.2) is 6.20 Å². The number of pyridine rings is 1. The lowest BCUT2D eigenvalue weighted by Gasteiger charge is -2.06. The molecule has 1 amide bonds. The van der Waals surface area contributed by atoms with Crippen molar-refractivity contribution >= 4 is 11.6 Å². The minimum absolute atomic E-state index is 0.0522. The second kappa shape index (κ2) is 4.17. The zero-order valence-electron chi connectivity index (χ0n) is 8.11. The Balaban J connectivity index is 3.63. The number of nitrogens with zero attached hydrogens (tertiary/aromatic N) is 2. The van der Waals surface area contributed by atoms with Crippen molar-refractivity contribution in [2.75, 3.05) is 0 Å². The zero-order chi connectivity index (χ0) is 12.5. The highest BCUT2D eigenvalue weighted by Crippen LogP contribution is 2.32. The fraction of sp³-hybridized carbons (Fsp3) is 0.250. The predicted octanol–water partition coefficient (Wildman–Crippen LogP) is 1.33. The first kappa shape index (κ1) is 12.0. The summed E-state index contributed by atoms with van der Waals surface area (Å²) in [6.45, 7) is 1.28. The van der Waals surface area contributed by atoms with Crippen molar-refractivity contribution < 1.29 is 18.5 Å². The van der Waals surface area contributed by atoms with E-state index in [1.54, 1.807) is 0 Å². The van der Waals surface area contributed by atoms with Gasteiger partial charge in [-0.15, -0.1) is 0 Å². The monoisotopic (exact) mass is 231 g/mol. The maximum atomic E-state index is 12.5. The predicted molar refractivity (Wildman–Crippen MR) is 49.1 cm³/mol. The van der Waals surface area contributed by atoms with Crippen LogP contribution < -0.4 is 5.73 Å². The number of carbonyl (C=O) groups is 1. The maximum absolute atomic E-state index is 12.5. The average molecular weight is 231 g/mol. The van der Waals surface area contributed by atoms with Crippen LogP contribution >= 0.6 is 0 Å². The molecule has 0 unspecified atom stereocenters. The standard InChI is InChI=1S/C8H7F2N3O3/c1-3-5(8(11)14)6(13(15)16)4(2-12-3)7(9)10/h2,7H,1H3,(H2,11,14). The van der Waals surface area contributed by atoms with Crippen LogP contribution in [0.2, 0.25) is 0 Å². The molecule has 86 valence electrons. The fourth-order valence-corrected chi connectivity index (χ4v) is 1.26. The van der Waals surface area contributed by atoms with Gasteiger partial charge in [-0.3, -0.25) is 19.9 Å². The minimum atomic E-state index is -3.09. The molecule has 0 aliphatic carbocycles. The number of carbonyl (C=O) groups excluding carboxylic acids is 1. The van der Waals surface area contributed by atoms with E-state index in [0.29, 0.717) is 6.20 Å². The third-order valence-electron chi connectivity index (χ3n) is 1.93. The Morgan fingerprint density at radius 1 is 1.62 bits per heavy atom. The molecule has 0 bridgehead atoms. The van der Waals surface area contributed by atoms with Gasteiger partial charge in [0.1, 0.15) is 11.1 Å². The Hall–Kier alpha value is -2.12. The first-order valence-electron chi connectivity index (χ1n) is 4.08. The average Bonchev–Trinajstić information content (AvgIpc) is 2.15. The highest BCUT2D eigenvalue weighted by atomic mass is 19.3. The van der Waals surface area contributed by atoms with E-state index in [2.05, 4.69) is 4.98 Å². The van der Waals surface area contributed by atoms with Crippen molar-refractivity contribution in [3.05, 3.63) is 33.1 Å². The second-order valence-electron chi connectivity index (χ2n) is 2.94. The van der Waals surface area contributed by atoms with Crippen LogP contribution in [-0.4, -0.2) is 15.8 Å². The highest BCUT2D eigenvalue weighted by Gasteiger charge is 2.30. The molecule has 0 atom stereocenters. The molecule has 0 aliphatic rings. The summed E-state index contributed by atoms with van der Waals surface area (Å²) in [5.41, 5.74) is 2.37. The van der Waals surface area contributed by atoms with Gasteiger partial charge < -0.3 is 5.73 Å². The van der Waals surface area contributed by atoms with E-state index < -0.39 is 34.1 Å². The van der Waals surface area contributed by atoms with Crippen LogP contribution in [-0.2, 0) is 0 Å². The highest BCUT2D eigenvalue weighted by molar-refractivity contribution is 5.98. The van der Waals surface area contributed by atoms with Crippen LogP contribution in [0.3, 0.4) is 0 Å². The summed E-state index contributed by atoms with van der Waals surface area (Å²) in [5, 5.41) is 10.6. The van der Waals surface area contributed by atoms with Crippen LogP contribution in [0.4, 0.5) is 14.5 Å². The summed E-state index contributed by atoms with van der Waals surface area (Å²) < 4.78 is 24.9. The van der Waals surface area contributed by atoms with E-state index in [-0.39, 0.29) is 5.69 Å². The number of amides is 1. The Bertz CT molecular complexity index is 462. The van der Waals surface area contributed by atoms with Crippen molar-refractivity contribution in [1.29, 1.82) is 0 Å². The number of halogens is 2. The largest absolute Gasteiger partial charge is 0.365 e. The van der Waals surface area contributed by atoms with Gasteiger partial charge in [0.15, 0.2) is 0 Å². The first-order valence-corrected chi connectivity index (χ1v) is 4.08. The molecule has 1 aromatic heterocycles. The van der Waals surface area contributed by atoms with E-state index in [4.69, 9.17) is 5.73 Å². The van der Waals surface area contributed by atoms with E-state index >= 15 is 0 Å². The Morgan fingerprint density at radius 2 is 2.19 bits per heavy atom. The molecule has 0 saturated carbocycles. The molecular formula is C8H7F2N3O3. The molecular weight excluding hydrogens is 224 g/mol. The van der Waals surface area contributed by atoms with Crippen molar-refractivity contribution in [2.45, 2.75) is 13.3 Å². The summed E-state index contributed by atoms with van der Waals surface area (Å²) in [7, 11) is 0. The lowest BCUT2D eigenvalue weighted by Crippen LogP contribution is -2.17. The SMILES string of the molecule is Cc1ncc(C(F)F)c([N+](=O)[O-])c1C(N)=O. The molecule has 16 heavy (non-hydrogen) atoms. The molecule has 0 spiro atoms. The number of aromatic nitrogens is 1. The molecule has 1 heterocycles. The van der Waals surface area contributed by atoms with Gasteiger partial charge in [0.2, 0.25) is 0 Å². The number of alkyl halides is 2.